The Morgan fingerprint density at radius 3 is 2.86 bits per heavy atom. The summed E-state index contributed by atoms with van der Waals surface area (Å²) < 4.78 is 23.4. The highest BCUT2D eigenvalue weighted by molar-refractivity contribution is 5.90. The fourth-order valence-electron chi connectivity index (χ4n) is 2.09. The molecule has 4 nitrogen and oxygen atoms in total. The molecule has 0 aliphatic heterocycles. The number of nitrogens with one attached hydrogen (secondary N) is 1. The van der Waals surface area contributed by atoms with Gasteiger partial charge >= 0.3 is 5.97 Å². The highest BCUT2D eigenvalue weighted by Gasteiger charge is 2.15. The number of furan rings is 1. The second-order valence-corrected chi connectivity index (χ2v) is 4.83. The lowest BCUT2D eigenvalue weighted by atomic mass is 10.1. The minimum atomic E-state index is -0.416. The Hall–Kier alpha value is -2.14. The first-order valence-corrected chi connectivity index (χ1v) is 6.67. The zero-order chi connectivity index (χ0) is 15.4. The first-order chi connectivity index (χ1) is 10.0. The van der Waals surface area contributed by atoms with Crippen LogP contribution in [0.15, 0.2) is 34.7 Å². The number of methoxy groups -OCH3 is 1. The number of halogens is 1. The number of ether oxygens (including phenoxy) is 1. The second kappa shape index (κ2) is 6.54. The van der Waals surface area contributed by atoms with Gasteiger partial charge < -0.3 is 14.5 Å². The van der Waals surface area contributed by atoms with E-state index in [0.29, 0.717) is 23.6 Å². The maximum atomic E-state index is 13.2. The number of carbonyl (C=O) groups excluding carboxylic acids is 1. The minimum Gasteiger partial charge on any atom is -0.465 e. The van der Waals surface area contributed by atoms with Crippen LogP contribution < -0.4 is 5.32 Å². The third-order valence-electron chi connectivity index (χ3n) is 3.31. The SMILES string of the molecule is COC(=O)c1cc(CN[C@H](C)c2cccc(F)c2)oc1C. The van der Waals surface area contributed by atoms with Crippen LogP contribution in [0.1, 0.15) is 40.4 Å². The van der Waals surface area contributed by atoms with Crippen molar-refractivity contribution in [3.05, 3.63) is 58.8 Å². The lowest BCUT2D eigenvalue weighted by molar-refractivity contribution is 0.0599. The molecule has 0 aliphatic carbocycles. The number of hydrogen-bond donors (Lipinski definition) is 1. The van der Waals surface area contributed by atoms with E-state index < -0.39 is 5.97 Å². The summed E-state index contributed by atoms with van der Waals surface area (Å²) in [5.74, 6) is 0.483. The third kappa shape index (κ3) is 3.70. The van der Waals surface area contributed by atoms with Crippen LogP contribution >= 0.6 is 0 Å². The zero-order valence-corrected chi connectivity index (χ0v) is 12.3. The predicted molar refractivity (Wildman–Crippen MR) is 76.4 cm³/mol. The van der Waals surface area contributed by atoms with Crippen LogP contribution in [0.4, 0.5) is 4.39 Å². The van der Waals surface area contributed by atoms with Gasteiger partial charge in [0.15, 0.2) is 0 Å². The molecule has 1 aromatic heterocycles. The number of carbonyl (C=O) groups is 1. The van der Waals surface area contributed by atoms with E-state index in [1.165, 1.54) is 19.2 Å². The molecular formula is C16H18FNO3. The molecule has 0 fully saturated rings. The summed E-state index contributed by atoms with van der Waals surface area (Å²) in [6.45, 7) is 4.09. The van der Waals surface area contributed by atoms with Crippen molar-refractivity contribution in [2.45, 2.75) is 26.4 Å². The van der Waals surface area contributed by atoms with Crippen LogP contribution in [-0.4, -0.2) is 13.1 Å². The second-order valence-electron chi connectivity index (χ2n) is 4.83. The normalized spacial score (nSPS) is 12.2. The molecule has 2 rings (SSSR count). The number of benzene rings is 1. The number of aryl methyl sites for hydroxylation is 1. The van der Waals surface area contributed by atoms with E-state index in [9.17, 15) is 9.18 Å². The van der Waals surface area contributed by atoms with Gasteiger partial charge in [-0.05, 0) is 37.6 Å². The molecule has 0 saturated heterocycles. The van der Waals surface area contributed by atoms with Gasteiger partial charge in [0, 0.05) is 6.04 Å². The summed E-state index contributed by atoms with van der Waals surface area (Å²) in [7, 11) is 1.33. The Labute approximate surface area is 122 Å². The lowest BCUT2D eigenvalue weighted by Gasteiger charge is -2.13. The number of esters is 1. The summed E-state index contributed by atoms with van der Waals surface area (Å²) in [6, 6.07) is 8.06. The van der Waals surface area contributed by atoms with Crippen molar-refractivity contribution in [1.29, 1.82) is 0 Å². The lowest BCUT2D eigenvalue weighted by Crippen LogP contribution is -2.17. The van der Waals surface area contributed by atoms with E-state index in [1.54, 1.807) is 19.1 Å². The van der Waals surface area contributed by atoms with Gasteiger partial charge in [-0.15, -0.1) is 0 Å². The fourth-order valence-corrected chi connectivity index (χ4v) is 2.09. The summed E-state index contributed by atoms with van der Waals surface area (Å²) in [4.78, 5) is 11.5. The maximum Gasteiger partial charge on any atom is 0.341 e. The van der Waals surface area contributed by atoms with Crippen molar-refractivity contribution in [1.82, 2.24) is 5.32 Å². The van der Waals surface area contributed by atoms with Crippen molar-refractivity contribution >= 4 is 5.97 Å². The molecule has 0 bridgehead atoms. The van der Waals surface area contributed by atoms with Crippen LogP contribution in [0.5, 0.6) is 0 Å². The van der Waals surface area contributed by atoms with E-state index in [-0.39, 0.29) is 11.9 Å². The van der Waals surface area contributed by atoms with Gasteiger partial charge in [-0.1, -0.05) is 12.1 Å². The van der Waals surface area contributed by atoms with Gasteiger partial charge in [-0.3, -0.25) is 0 Å². The van der Waals surface area contributed by atoms with Crippen LogP contribution in [-0.2, 0) is 11.3 Å². The molecule has 0 aliphatic rings. The first kappa shape index (κ1) is 15.3. The summed E-state index contributed by atoms with van der Waals surface area (Å²) in [6.07, 6.45) is 0. The number of rotatable bonds is 5. The van der Waals surface area contributed by atoms with Crippen molar-refractivity contribution < 1.29 is 18.3 Å². The summed E-state index contributed by atoms with van der Waals surface area (Å²) in [5, 5.41) is 3.23. The van der Waals surface area contributed by atoms with Crippen LogP contribution in [0, 0.1) is 12.7 Å². The summed E-state index contributed by atoms with van der Waals surface area (Å²) >= 11 is 0. The van der Waals surface area contributed by atoms with Gasteiger partial charge in [-0.25, -0.2) is 9.18 Å². The van der Waals surface area contributed by atoms with Crippen LogP contribution in [0.25, 0.3) is 0 Å². The van der Waals surface area contributed by atoms with Crippen LogP contribution in [0.2, 0.25) is 0 Å². The molecule has 1 atom stereocenters. The summed E-state index contributed by atoms with van der Waals surface area (Å²) in [5.41, 5.74) is 1.28. The van der Waals surface area contributed by atoms with E-state index in [2.05, 4.69) is 10.1 Å². The van der Waals surface area contributed by atoms with Gasteiger partial charge in [0.2, 0.25) is 0 Å². The first-order valence-electron chi connectivity index (χ1n) is 6.67. The minimum absolute atomic E-state index is 0.0346. The molecule has 1 N–H and O–H groups in total. The molecule has 5 heteroatoms. The fraction of sp³-hybridized carbons (Fsp3) is 0.312. The van der Waals surface area contributed by atoms with Crippen molar-refractivity contribution in [2.24, 2.45) is 0 Å². The third-order valence-corrected chi connectivity index (χ3v) is 3.31. The average molecular weight is 291 g/mol. The van der Waals surface area contributed by atoms with E-state index in [4.69, 9.17) is 4.42 Å². The highest BCUT2D eigenvalue weighted by Crippen LogP contribution is 2.18. The average Bonchev–Trinajstić information content (AvgIpc) is 2.85. The Bertz CT molecular complexity index is 636. The molecule has 0 amide bonds. The van der Waals surface area contributed by atoms with Gasteiger partial charge in [0.1, 0.15) is 22.9 Å². The molecule has 2 aromatic rings. The topological polar surface area (TPSA) is 51.5 Å². The Morgan fingerprint density at radius 2 is 2.19 bits per heavy atom. The molecule has 1 heterocycles. The Kier molecular flexibility index (Phi) is 4.75. The monoisotopic (exact) mass is 291 g/mol. The van der Waals surface area contributed by atoms with Crippen molar-refractivity contribution in [3.63, 3.8) is 0 Å². The Morgan fingerprint density at radius 1 is 1.43 bits per heavy atom. The molecule has 0 spiro atoms. The Balaban J connectivity index is 2.01. The molecular weight excluding hydrogens is 273 g/mol. The highest BCUT2D eigenvalue weighted by atomic mass is 19.1. The van der Waals surface area contributed by atoms with Gasteiger partial charge in [0.05, 0.1) is 13.7 Å². The molecule has 0 saturated carbocycles. The molecule has 0 radical (unpaired) electrons. The number of hydrogen-bond acceptors (Lipinski definition) is 4. The smallest absolute Gasteiger partial charge is 0.341 e. The van der Waals surface area contributed by atoms with E-state index in [0.717, 1.165) is 5.56 Å². The van der Waals surface area contributed by atoms with Crippen molar-refractivity contribution in [3.8, 4) is 0 Å². The zero-order valence-electron chi connectivity index (χ0n) is 12.3. The molecule has 1 aromatic carbocycles. The van der Waals surface area contributed by atoms with Gasteiger partial charge in [0.25, 0.3) is 0 Å². The molecule has 0 unspecified atom stereocenters. The van der Waals surface area contributed by atoms with Crippen LogP contribution in [0.3, 0.4) is 0 Å². The van der Waals surface area contributed by atoms with Crippen molar-refractivity contribution in [2.75, 3.05) is 7.11 Å². The standard InChI is InChI=1S/C16H18FNO3/c1-10(12-5-4-6-13(17)7-12)18-9-14-8-15(11(2)21-14)16(19)20-3/h4-8,10,18H,9H2,1-3H3/t10-/m1/s1. The van der Waals surface area contributed by atoms with E-state index in [1.807, 2.05) is 13.0 Å². The molecule has 21 heavy (non-hydrogen) atoms. The van der Waals surface area contributed by atoms with Gasteiger partial charge in [-0.2, -0.15) is 0 Å². The maximum absolute atomic E-state index is 13.2. The quantitative estimate of drug-likeness (QED) is 0.858. The molecule has 112 valence electrons. The predicted octanol–water partition coefficient (Wildman–Crippen LogP) is 3.36. The largest absolute Gasteiger partial charge is 0.465 e. The van der Waals surface area contributed by atoms with E-state index >= 15 is 0 Å².